The maximum absolute atomic E-state index is 11.2. The van der Waals surface area contributed by atoms with Crippen LogP contribution in [0.3, 0.4) is 0 Å². The summed E-state index contributed by atoms with van der Waals surface area (Å²) in [6.45, 7) is 5.85. The van der Waals surface area contributed by atoms with E-state index in [4.69, 9.17) is 0 Å². The van der Waals surface area contributed by atoms with Crippen molar-refractivity contribution in [2.24, 2.45) is 5.92 Å². The van der Waals surface area contributed by atoms with Gasteiger partial charge in [0.25, 0.3) is 0 Å². The van der Waals surface area contributed by atoms with Crippen LogP contribution in [0, 0.1) is 19.8 Å². The molecular weight excluding hydrogens is 298 g/mol. The molecule has 0 amide bonds. The Balaban J connectivity index is 1.89. The van der Waals surface area contributed by atoms with Crippen LogP contribution in [0.5, 0.6) is 0 Å². The van der Waals surface area contributed by atoms with E-state index in [0.29, 0.717) is 0 Å². The Kier molecular flexibility index (Phi) is 5.00. The van der Waals surface area contributed by atoms with E-state index in [1.807, 2.05) is 0 Å². The molecule has 2 aromatic rings. The summed E-state index contributed by atoms with van der Waals surface area (Å²) in [7, 11) is 0. The molecule has 0 spiro atoms. The molecule has 126 valence electrons. The largest absolute Gasteiger partial charge is 0.481 e. The van der Waals surface area contributed by atoms with Crippen molar-refractivity contribution in [3.05, 3.63) is 70.8 Å². The highest BCUT2D eigenvalue weighted by Gasteiger charge is 2.30. The monoisotopic (exact) mass is 323 g/mol. The molecule has 0 aliphatic carbocycles. The maximum atomic E-state index is 11.2. The van der Waals surface area contributed by atoms with Gasteiger partial charge in [-0.2, -0.15) is 0 Å². The van der Waals surface area contributed by atoms with Gasteiger partial charge in [0.15, 0.2) is 0 Å². The molecule has 3 nitrogen and oxygen atoms in total. The molecular formula is C21H25NO2. The van der Waals surface area contributed by atoms with Crippen LogP contribution in [0.2, 0.25) is 0 Å². The summed E-state index contributed by atoms with van der Waals surface area (Å²) < 4.78 is 0. The lowest BCUT2D eigenvalue weighted by atomic mass is 9.91. The first kappa shape index (κ1) is 16.7. The van der Waals surface area contributed by atoms with E-state index in [1.165, 1.54) is 22.3 Å². The SMILES string of the molecule is Cc1ccc(C(c2ccc(C)cc2)N2CCC(C(=O)O)CC2)cc1. The molecule has 24 heavy (non-hydrogen) atoms. The number of hydrogen-bond acceptors (Lipinski definition) is 2. The highest BCUT2D eigenvalue weighted by Crippen LogP contribution is 2.32. The summed E-state index contributed by atoms with van der Waals surface area (Å²) in [4.78, 5) is 13.7. The fourth-order valence-corrected chi connectivity index (χ4v) is 3.52. The van der Waals surface area contributed by atoms with Gasteiger partial charge in [-0.05, 0) is 50.9 Å². The smallest absolute Gasteiger partial charge is 0.306 e. The van der Waals surface area contributed by atoms with E-state index < -0.39 is 5.97 Å². The number of carboxylic acids is 1. The average molecular weight is 323 g/mol. The third-order valence-electron chi connectivity index (χ3n) is 5.03. The Morgan fingerprint density at radius 2 is 1.33 bits per heavy atom. The van der Waals surface area contributed by atoms with Gasteiger partial charge in [-0.3, -0.25) is 9.69 Å². The number of carboxylic acid groups (broad SMARTS) is 1. The van der Waals surface area contributed by atoms with Gasteiger partial charge in [0, 0.05) is 0 Å². The molecule has 0 saturated carbocycles. The van der Waals surface area contributed by atoms with Crippen molar-refractivity contribution < 1.29 is 9.90 Å². The fraction of sp³-hybridized carbons (Fsp3) is 0.381. The fourth-order valence-electron chi connectivity index (χ4n) is 3.52. The van der Waals surface area contributed by atoms with Crippen molar-refractivity contribution in [1.29, 1.82) is 0 Å². The van der Waals surface area contributed by atoms with Crippen molar-refractivity contribution in [2.75, 3.05) is 13.1 Å². The molecule has 0 atom stereocenters. The Hall–Kier alpha value is -2.13. The molecule has 0 unspecified atom stereocenters. The number of benzene rings is 2. The van der Waals surface area contributed by atoms with Gasteiger partial charge in [-0.1, -0.05) is 59.7 Å². The van der Waals surface area contributed by atoms with Crippen LogP contribution in [0.1, 0.15) is 41.1 Å². The highest BCUT2D eigenvalue weighted by molar-refractivity contribution is 5.70. The molecule has 1 aliphatic rings. The van der Waals surface area contributed by atoms with Crippen LogP contribution < -0.4 is 0 Å². The Labute approximate surface area is 143 Å². The Morgan fingerprint density at radius 1 is 0.917 bits per heavy atom. The van der Waals surface area contributed by atoms with Crippen molar-refractivity contribution in [2.45, 2.75) is 32.7 Å². The average Bonchev–Trinajstić information content (AvgIpc) is 2.59. The van der Waals surface area contributed by atoms with Gasteiger partial charge < -0.3 is 5.11 Å². The number of piperidine rings is 1. The molecule has 0 bridgehead atoms. The lowest BCUT2D eigenvalue weighted by Gasteiger charge is -2.37. The van der Waals surface area contributed by atoms with Gasteiger partial charge in [0.05, 0.1) is 12.0 Å². The van der Waals surface area contributed by atoms with Crippen LogP contribution in [0.25, 0.3) is 0 Å². The van der Waals surface area contributed by atoms with Gasteiger partial charge in [-0.15, -0.1) is 0 Å². The predicted molar refractivity (Wildman–Crippen MR) is 96.1 cm³/mol. The zero-order valence-corrected chi connectivity index (χ0v) is 14.4. The van der Waals surface area contributed by atoms with E-state index >= 15 is 0 Å². The van der Waals surface area contributed by atoms with Crippen molar-refractivity contribution in [1.82, 2.24) is 4.90 Å². The zero-order valence-electron chi connectivity index (χ0n) is 14.4. The summed E-state index contributed by atoms with van der Waals surface area (Å²) in [5.41, 5.74) is 5.06. The molecule has 1 fully saturated rings. The molecule has 3 heteroatoms. The standard InChI is InChI=1S/C21H25NO2/c1-15-3-7-17(8-4-15)20(18-9-5-16(2)6-10-18)22-13-11-19(12-14-22)21(23)24/h3-10,19-20H,11-14H2,1-2H3,(H,23,24). The predicted octanol–water partition coefficient (Wildman–Crippen LogP) is 4.19. The minimum absolute atomic E-state index is 0.195. The number of carbonyl (C=O) groups is 1. The molecule has 2 aromatic carbocycles. The lowest BCUT2D eigenvalue weighted by molar-refractivity contribution is -0.143. The van der Waals surface area contributed by atoms with Crippen LogP contribution in [-0.2, 0) is 4.79 Å². The number of rotatable bonds is 4. The van der Waals surface area contributed by atoms with Gasteiger partial charge in [0.1, 0.15) is 0 Å². The van der Waals surface area contributed by atoms with Gasteiger partial charge in [-0.25, -0.2) is 0 Å². The number of nitrogens with zero attached hydrogens (tertiary/aromatic N) is 1. The highest BCUT2D eigenvalue weighted by atomic mass is 16.4. The first-order chi connectivity index (χ1) is 11.5. The summed E-state index contributed by atoms with van der Waals surface area (Å²) in [5, 5.41) is 9.24. The topological polar surface area (TPSA) is 40.5 Å². The van der Waals surface area contributed by atoms with Crippen LogP contribution in [-0.4, -0.2) is 29.1 Å². The minimum Gasteiger partial charge on any atom is -0.481 e. The Morgan fingerprint density at radius 3 is 1.71 bits per heavy atom. The Bertz CT molecular complexity index is 637. The van der Waals surface area contributed by atoms with E-state index in [0.717, 1.165) is 25.9 Å². The second-order valence-corrected chi connectivity index (χ2v) is 6.87. The summed E-state index contributed by atoms with van der Waals surface area (Å²) >= 11 is 0. The summed E-state index contributed by atoms with van der Waals surface area (Å²) in [6.07, 6.45) is 1.45. The molecule has 3 rings (SSSR count). The summed E-state index contributed by atoms with van der Waals surface area (Å²) in [6, 6.07) is 17.6. The third-order valence-corrected chi connectivity index (χ3v) is 5.03. The molecule has 1 N–H and O–H groups in total. The summed E-state index contributed by atoms with van der Waals surface area (Å²) in [5.74, 6) is -0.852. The first-order valence-electron chi connectivity index (χ1n) is 8.64. The molecule has 0 radical (unpaired) electrons. The normalized spacial score (nSPS) is 16.5. The minimum atomic E-state index is -0.656. The number of aryl methyl sites for hydroxylation is 2. The third kappa shape index (κ3) is 3.68. The van der Waals surface area contributed by atoms with Crippen LogP contribution in [0.4, 0.5) is 0 Å². The number of likely N-dealkylation sites (tertiary alicyclic amines) is 1. The quantitative estimate of drug-likeness (QED) is 0.917. The maximum Gasteiger partial charge on any atom is 0.306 e. The number of aliphatic carboxylic acids is 1. The second-order valence-electron chi connectivity index (χ2n) is 6.87. The molecule has 1 saturated heterocycles. The van der Waals surface area contributed by atoms with Crippen molar-refractivity contribution in [3.8, 4) is 0 Å². The van der Waals surface area contributed by atoms with E-state index in [2.05, 4.69) is 67.3 Å². The van der Waals surface area contributed by atoms with E-state index in [-0.39, 0.29) is 12.0 Å². The van der Waals surface area contributed by atoms with Crippen molar-refractivity contribution in [3.63, 3.8) is 0 Å². The molecule has 1 heterocycles. The van der Waals surface area contributed by atoms with Crippen molar-refractivity contribution >= 4 is 5.97 Å². The van der Waals surface area contributed by atoms with Gasteiger partial charge >= 0.3 is 5.97 Å². The molecule has 1 aliphatic heterocycles. The zero-order chi connectivity index (χ0) is 17.1. The molecule has 0 aromatic heterocycles. The van der Waals surface area contributed by atoms with Crippen LogP contribution in [0.15, 0.2) is 48.5 Å². The number of hydrogen-bond donors (Lipinski definition) is 1. The van der Waals surface area contributed by atoms with Gasteiger partial charge in [0.2, 0.25) is 0 Å². The first-order valence-corrected chi connectivity index (χ1v) is 8.64. The lowest BCUT2D eigenvalue weighted by Crippen LogP contribution is -2.39. The van der Waals surface area contributed by atoms with E-state index in [1.54, 1.807) is 0 Å². The second kappa shape index (κ2) is 7.18. The van der Waals surface area contributed by atoms with E-state index in [9.17, 15) is 9.90 Å². The van der Waals surface area contributed by atoms with Crippen LogP contribution >= 0.6 is 0 Å².